The molecule has 0 spiro atoms. The molecular weight excluding hydrogens is 316 g/mol. The Bertz CT molecular complexity index is 873. The van der Waals surface area contributed by atoms with E-state index >= 15 is 0 Å². The van der Waals surface area contributed by atoms with E-state index in [1.54, 1.807) is 36.5 Å². The van der Waals surface area contributed by atoms with Crippen molar-refractivity contribution in [1.82, 2.24) is 0 Å². The quantitative estimate of drug-likeness (QED) is 0.747. The number of nitrogens with one attached hydrogen (secondary N) is 1. The molecule has 0 saturated heterocycles. The average Bonchev–Trinajstić information content (AvgIpc) is 2.89. The number of sulfonamides is 1. The molecular formula is C16H15N2O2S2+. The Morgan fingerprint density at radius 1 is 0.955 bits per heavy atom. The molecule has 3 aromatic rings. The van der Waals surface area contributed by atoms with E-state index in [1.165, 1.54) is 15.6 Å². The van der Waals surface area contributed by atoms with Gasteiger partial charge in [-0.15, -0.1) is 0 Å². The van der Waals surface area contributed by atoms with Crippen LogP contribution < -0.4 is 8.90 Å². The van der Waals surface area contributed by atoms with Gasteiger partial charge >= 0.3 is 10.0 Å². The van der Waals surface area contributed by atoms with Crippen molar-refractivity contribution in [1.29, 1.82) is 0 Å². The highest BCUT2D eigenvalue weighted by Gasteiger charge is 2.22. The van der Waals surface area contributed by atoms with Gasteiger partial charge in [0.1, 0.15) is 0 Å². The smallest absolute Gasteiger partial charge is 0.197 e. The van der Waals surface area contributed by atoms with Gasteiger partial charge in [0.25, 0.3) is 0 Å². The van der Waals surface area contributed by atoms with Gasteiger partial charge in [-0.2, -0.15) is 8.42 Å². The molecule has 0 fully saturated rings. The van der Waals surface area contributed by atoms with E-state index in [2.05, 4.69) is 4.83 Å². The normalized spacial score (nSPS) is 11.3. The number of hydrogen-bond acceptors (Lipinski definition) is 3. The SMILES string of the molecule is Cc1s[n+](NS(=O)(=O)c2ccccc2)cc1-c1ccccc1. The Balaban J connectivity index is 1.92. The van der Waals surface area contributed by atoms with Crippen LogP contribution in [0.5, 0.6) is 0 Å². The first-order chi connectivity index (χ1) is 10.6. The topological polar surface area (TPSA) is 50.1 Å². The van der Waals surface area contributed by atoms with E-state index in [-0.39, 0.29) is 4.90 Å². The summed E-state index contributed by atoms with van der Waals surface area (Å²) in [7, 11) is -3.58. The zero-order valence-electron chi connectivity index (χ0n) is 11.9. The third-order valence-corrected chi connectivity index (χ3v) is 5.54. The van der Waals surface area contributed by atoms with Crippen LogP contribution in [0.1, 0.15) is 4.88 Å². The number of aromatic nitrogens is 1. The third kappa shape index (κ3) is 3.03. The average molecular weight is 331 g/mol. The summed E-state index contributed by atoms with van der Waals surface area (Å²) >= 11 is 1.36. The lowest BCUT2D eigenvalue weighted by Gasteiger charge is -1.99. The van der Waals surface area contributed by atoms with E-state index in [0.29, 0.717) is 0 Å². The molecule has 4 nitrogen and oxygen atoms in total. The highest BCUT2D eigenvalue weighted by molar-refractivity contribution is 7.92. The van der Waals surface area contributed by atoms with Crippen molar-refractivity contribution < 1.29 is 12.5 Å². The summed E-state index contributed by atoms with van der Waals surface area (Å²) in [5.41, 5.74) is 2.08. The summed E-state index contributed by atoms with van der Waals surface area (Å²) < 4.78 is 26.2. The van der Waals surface area contributed by atoms with E-state index in [1.807, 2.05) is 37.3 Å². The van der Waals surface area contributed by atoms with Gasteiger partial charge in [0.15, 0.2) is 11.5 Å². The molecule has 0 aliphatic heterocycles. The molecule has 0 amide bonds. The van der Waals surface area contributed by atoms with Gasteiger partial charge in [-0.05, 0) is 28.7 Å². The molecule has 1 N–H and O–H groups in total. The standard InChI is InChI=1S/C16H15N2O2S2/c1-13-16(14-8-4-2-5-9-14)12-18(21-13)17-22(19,20)15-10-6-3-7-11-15/h2-12,17H,1H3/q+1. The van der Waals surface area contributed by atoms with Crippen LogP contribution in [-0.2, 0) is 10.0 Å². The Morgan fingerprint density at radius 2 is 1.55 bits per heavy atom. The van der Waals surface area contributed by atoms with Crippen molar-refractivity contribution in [2.24, 2.45) is 0 Å². The Morgan fingerprint density at radius 3 is 2.18 bits per heavy atom. The summed E-state index contributed by atoms with van der Waals surface area (Å²) in [6.45, 7) is 1.97. The zero-order chi connectivity index (χ0) is 15.6. The predicted octanol–water partition coefficient (Wildman–Crippen LogP) is 2.94. The van der Waals surface area contributed by atoms with Crippen LogP contribution in [0.4, 0.5) is 0 Å². The highest BCUT2D eigenvalue weighted by Crippen LogP contribution is 2.24. The summed E-state index contributed by atoms with van der Waals surface area (Å²) in [5, 5.41) is 0. The Labute approximate surface area is 133 Å². The van der Waals surface area contributed by atoms with Crippen molar-refractivity contribution >= 4 is 21.6 Å². The maximum absolute atomic E-state index is 12.3. The molecule has 1 aromatic heterocycles. The first-order valence-electron chi connectivity index (χ1n) is 6.72. The molecule has 0 aliphatic carbocycles. The minimum absolute atomic E-state index is 0.245. The van der Waals surface area contributed by atoms with Gasteiger partial charge in [0.2, 0.25) is 6.20 Å². The second-order valence-corrected chi connectivity index (χ2v) is 7.64. The van der Waals surface area contributed by atoms with E-state index in [4.69, 9.17) is 0 Å². The maximum Gasteiger partial charge on any atom is 0.307 e. The van der Waals surface area contributed by atoms with Crippen LogP contribution in [0, 0.1) is 6.92 Å². The molecule has 0 saturated carbocycles. The minimum atomic E-state index is -3.58. The molecule has 0 radical (unpaired) electrons. The second-order valence-electron chi connectivity index (χ2n) is 4.79. The lowest BCUT2D eigenvalue weighted by Crippen LogP contribution is -2.44. The van der Waals surface area contributed by atoms with Crippen molar-refractivity contribution in [3.8, 4) is 11.1 Å². The van der Waals surface area contributed by atoms with E-state index < -0.39 is 10.0 Å². The Hall–Kier alpha value is -2.18. The molecule has 0 aliphatic rings. The van der Waals surface area contributed by atoms with E-state index in [0.717, 1.165) is 16.0 Å². The van der Waals surface area contributed by atoms with Crippen LogP contribution in [0.15, 0.2) is 71.8 Å². The molecule has 22 heavy (non-hydrogen) atoms. The molecule has 0 bridgehead atoms. The molecule has 112 valence electrons. The highest BCUT2D eigenvalue weighted by atomic mass is 32.2. The lowest BCUT2D eigenvalue weighted by atomic mass is 10.1. The lowest BCUT2D eigenvalue weighted by molar-refractivity contribution is -0.563. The first kappa shape index (κ1) is 14.7. The second kappa shape index (κ2) is 5.90. The summed E-state index contributed by atoms with van der Waals surface area (Å²) in [6.07, 6.45) is 1.80. The van der Waals surface area contributed by atoms with Crippen LogP contribution in [-0.4, -0.2) is 8.42 Å². The predicted molar refractivity (Wildman–Crippen MR) is 87.7 cm³/mol. The monoisotopic (exact) mass is 331 g/mol. The molecule has 2 aromatic carbocycles. The fraction of sp³-hybridized carbons (Fsp3) is 0.0625. The summed E-state index contributed by atoms with van der Waals surface area (Å²) in [5.74, 6) is 0. The summed E-state index contributed by atoms with van der Waals surface area (Å²) in [6, 6.07) is 18.2. The number of nitrogens with zero attached hydrogens (tertiary/aromatic N) is 1. The van der Waals surface area contributed by atoms with Crippen LogP contribution in [0.25, 0.3) is 11.1 Å². The molecule has 1 heterocycles. The number of rotatable bonds is 4. The zero-order valence-corrected chi connectivity index (χ0v) is 13.6. The van der Waals surface area contributed by atoms with Crippen LogP contribution in [0.2, 0.25) is 0 Å². The number of aryl methyl sites for hydroxylation is 1. The van der Waals surface area contributed by atoms with Gasteiger partial charge in [-0.25, -0.2) is 0 Å². The maximum atomic E-state index is 12.3. The molecule has 6 heteroatoms. The third-order valence-electron chi connectivity index (χ3n) is 3.21. The number of hydrogen-bond donors (Lipinski definition) is 1. The first-order valence-corrected chi connectivity index (χ1v) is 8.98. The van der Waals surface area contributed by atoms with Crippen LogP contribution in [0.3, 0.4) is 0 Å². The fourth-order valence-electron chi connectivity index (χ4n) is 2.14. The number of benzene rings is 2. The molecule has 3 rings (SSSR count). The largest absolute Gasteiger partial charge is 0.307 e. The van der Waals surface area contributed by atoms with E-state index in [9.17, 15) is 8.42 Å². The minimum Gasteiger partial charge on any atom is -0.197 e. The van der Waals surface area contributed by atoms with Crippen molar-refractivity contribution in [2.45, 2.75) is 11.8 Å². The summed E-state index contributed by atoms with van der Waals surface area (Å²) in [4.78, 5) is 3.86. The van der Waals surface area contributed by atoms with Gasteiger partial charge < -0.3 is 0 Å². The van der Waals surface area contributed by atoms with Crippen molar-refractivity contribution in [3.63, 3.8) is 0 Å². The van der Waals surface area contributed by atoms with Crippen molar-refractivity contribution in [3.05, 3.63) is 71.7 Å². The van der Waals surface area contributed by atoms with Gasteiger partial charge in [-0.1, -0.05) is 53.4 Å². The van der Waals surface area contributed by atoms with Gasteiger partial charge in [0.05, 0.1) is 15.3 Å². The van der Waals surface area contributed by atoms with Crippen molar-refractivity contribution in [2.75, 3.05) is 4.83 Å². The van der Waals surface area contributed by atoms with Gasteiger partial charge in [0, 0.05) is 0 Å². The van der Waals surface area contributed by atoms with Gasteiger partial charge in [-0.3, -0.25) is 0 Å². The van der Waals surface area contributed by atoms with Crippen LogP contribution >= 0.6 is 11.5 Å². The molecule has 0 atom stereocenters. The fourth-order valence-corrected chi connectivity index (χ4v) is 4.22. The Kier molecular flexibility index (Phi) is 3.96. The molecule has 0 unspecified atom stereocenters.